The Morgan fingerprint density at radius 1 is 1.00 bits per heavy atom. The van der Waals surface area contributed by atoms with Crippen molar-refractivity contribution < 1.29 is 24.2 Å². The van der Waals surface area contributed by atoms with Gasteiger partial charge in [-0.2, -0.15) is 0 Å². The van der Waals surface area contributed by atoms with Crippen molar-refractivity contribution in [2.45, 2.75) is 52.0 Å². The maximum Gasteiger partial charge on any atom is 0.407 e. The lowest BCUT2D eigenvalue weighted by Gasteiger charge is -2.20. The van der Waals surface area contributed by atoms with E-state index in [2.05, 4.69) is 34.9 Å². The smallest absolute Gasteiger partial charge is 0.407 e. The molecule has 2 unspecified atom stereocenters. The Morgan fingerprint density at radius 3 is 2.12 bits per heavy atom. The van der Waals surface area contributed by atoms with Crippen molar-refractivity contribution in [1.82, 2.24) is 10.6 Å². The predicted molar refractivity (Wildman–Crippen MR) is 130 cm³/mol. The van der Waals surface area contributed by atoms with E-state index in [4.69, 9.17) is 4.74 Å². The van der Waals surface area contributed by atoms with Crippen molar-refractivity contribution in [3.05, 3.63) is 59.7 Å². The van der Waals surface area contributed by atoms with Gasteiger partial charge in [0.2, 0.25) is 5.91 Å². The third-order valence-electron chi connectivity index (χ3n) is 6.24. The van der Waals surface area contributed by atoms with Gasteiger partial charge in [0.25, 0.3) is 0 Å². The molecular weight excluding hydrogens is 432 g/mol. The molecule has 0 saturated heterocycles. The molecule has 2 aromatic rings. The molecule has 1 aliphatic carbocycles. The lowest BCUT2D eigenvalue weighted by atomic mass is 9.97. The zero-order valence-electron chi connectivity index (χ0n) is 20.0. The monoisotopic (exact) mass is 466 g/mol. The van der Waals surface area contributed by atoms with Crippen molar-refractivity contribution in [2.75, 3.05) is 13.2 Å². The highest BCUT2D eigenvalue weighted by molar-refractivity contribution is 5.80. The maximum atomic E-state index is 12.5. The average Bonchev–Trinajstić information content (AvgIpc) is 3.13. The number of aliphatic carboxylic acids is 1. The van der Waals surface area contributed by atoms with E-state index in [0.717, 1.165) is 22.3 Å². The molecule has 0 spiro atoms. The summed E-state index contributed by atoms with van der Waals surface area (Å²) in [4.78, 5) is 36.2. The maximum absolute atomic E-state index is 12.5. The van der Waals surface area contributed by atoms with Crippen LogP contribution < -0.4 is 10.6 Å². The molecular formula is C27H34N2O5. The van der Waals surface area contributed by atoms with E-state index in [9.17, 15) is 19.5 Å². The third-order valence-corrected chi connectivity index (χ3v) is 6.24. The molecule has 3 N–H and O–H groups in total. The lowest BCUT2D eigenvalue weighted by molar-refractivity contribution is -0.142. The Morgan fingerprint density at radius 2 is 1.59 bits per heavy atom. The highest BCUT2D eigenvalue weighted by atomic mass is 16.5. The normalized spacial score (nSPS) is 14.1. The highest BCUT2D eigenvalue weighted by Gasteiger charge is 2.29. The van der Waals surface area contributed by atoms with Crippen molar-refractivity contribution in [2.24, 2.45) is 11.8 Å². The van der Waals surface area contributed by atoms with Crippen LogP contribution >= 0.6 is 0 Å². The molecule has 0 saturated carbocycles. The number of carboxylic acid groups (broad SMARTS) is 1. The van der Waals surface area contributed by atoms with Gasteiger partial charge in [0, 0.05) is 24.9 Å². The summed E-state index contributed by atoms with van der Waals surface area (Å²) in [6.07, 6.45) is 0.538. The first-order valence-electron chi connectivity index (χ1n) is 11.9. The Hall–Kier alpha value is -3.35. The van der Waals surface area contributed by atoms with E-state index in [1.165, 1.54) is 0 Å². The molecule has 7 heteroatoms. The summed E-state index contributed by atoms with van der Waals surface area (Å²) in [7, 11) is 0. The molecule has 7 nitrogen and oxygen atoms in total. The number of carboxylic acids is 1. The van der Waals surface area contributed by atoms with Gasteiger partial charge in [-0.15, -0.1) is 0 Å². The third kappa shape index (κ3) is 6.37. The minimum absolute atomic E-state index is 0.0320. The van der Waals surface area contributed by atoms with Gasteiger partial charge < -0.3 is 20.5 Å². The number of amides is 2. The van der Waals surface area contributed by atoms with Gasteiger partial charge in [-0.25, -0.2) is 4.79 Å². The van der Waals surface area contributed by atoms with Gasteiger partial charge in [0.15, 0.2) is 0 Å². The van der Waals surface area contributed by atoms with E-state index in [1.807, 2.05) is 45.0 Å². The fourth-order valence-corrected chi connectivity index (χ4v) is 4.48. The van der Waals surface area contributed by atoms with E-state index in [0.29, 0.717) is 12.8 Å². The lowest BCUT2D eigenvalue weighted by Crippen LogP contribution is -2.41. The number of benzene rings is 2. The highest BCUT2D eigenvalue weighted by Crippen LogP contribution is 2.44. The number of hydrogen-bond acceptors (Lipinski definition) is 4. The molecule has 0 bridgehead atoms. The standard InChI is InChI=1S/C27H34N2O5/c1-4-19(14-25(30)28-15-18(26(31)32)13-17(2)3)29-27(33)34-16-24-22-11-7-5-9-20(22)21-10-6-8-12-23(21)24/h5-12,17-19,24H,4,13-16H2,1-3H3,(H,28,30)(H,29,33)(H,31,32). The summed E-state index contributed by atoms with van der Waals surface area (Å²) < 4.78 is 5.57. The van der Waals surface area contributed by atoms with Crippen molar-refractivity contribution in [3.8, 4) is 11.1 Å². The average molecular weight is 467 g/mol. The summed E-state index contributed by atoms with van der Waals surface area (Å²) in [5, 5.41) is 14.8. The summed E-state index contributed by atoms with van der Waals surface area (Å²) in [6.45, 7) is 6.05. The fourth-order valence-electron chi connectivity index (χ4n) is 4.48. The zero-order valence-corrected chi connectivity index (χ0v) is 20.0. The number of alkyl carbamates (subject to hydrolysis) is 1. The molecule has 2 amide bonds. The Bertz CT molecular complexity index is 974. The first-order chi connectivity index (χ1) is 16.3. The van der Waals surface area contributed by atoms with Crippen LogP contribution in [0.15, 0.2) is 48.5 Å². The molecule has 34 heavy (non-hydrogen) atoms. The SMILES string of the molecule is CCC(CC(=O)NCC(CC(C)C)C(=O)O)NC(=O)OCC1c2ccccc2-c2ccccc21. The fraction of sp³-hybridized carbons (Fsp3) is 0.444. The summed E-state index contributed by atoms with van der Waals surface area (Å²) in [5.74, 6) is -1.65. The van der Waals surface area contributed by atoms with Crippen LogP contribution in [0.5, 0.6) is 0 Å². The van der Waals surface area contributed by atoms with Crippen LogP contribution in [0.2, 0.25) is 0 Å². The minimum Gasteiger partial charge on any atom is -0.481 e. The predicted octanol–water partition coefficient (Wildman–Crippen LogP) is 4.56. The van der Waals surface area contributed by atoms with E-state index in [-0.39, 0.29) is 37.3 Å². The molecule has 3 rings (SSSR count). The van der Waals surface area contributed by atoms with Crippen LogP contribution in [0.4, 0.5) is 4.79 Å². The minimum atomic E-state index is -0.919. The molecule has 2 aromatic carbocycles. The summed E-state index contributed by atoms with van der Waals surface area (Å²) in [6, 6.07) is 15.9. The zero-order chi connectivity index (χ0) is 24.7. The van der Waals surface area contributed by atoms with E-state index < -0.39 is 24.0 Å². The van der Waals surface area contributed by atoms with Crippen LogP contribution in [0.1, 0.15) is 57.1 Å². The molecule has 182 valence electrons. The number of carbonyl (C=O) groups excluding carboxylic acids is 2. The van der Waals surface area contributed by atoms with Crippen LogP contribution in [0.25, 0.3) is 11.1 Å². The topological polar surface area (TPSA) is 105 Å². The second-order valence-electron chi connectivity index (χ2n) is 9.25. The molecule has 0 fully saturated rings. The molecule has 1 aliphatic rings. The molecule has 0 aliphatic heterocycles. The second-order valence-corrected chi connectivity index (χ2v) is 9.25. The number of hydrogen-bond donors (Lipinski definition) is 3. The van der Waals surface area contributed by atoms with Gasteiger partial charge in [0.05, 0.1) is 5.92 Å². The van der Waals surface area contributed by atoms with E-state index >= 15 is 0 Å². The molecule has 0 heterocycles. The molecule has 0 aromatic heterocycles. The van der Waals surface area contributed by atoms with Crippen LogP contribution in [-0.4, -0.2) is 42.3 Å². The van der Waals surface area contributed by atoms with Crippen molar-refractivity contribution in [1.29, 1.82) is 0 Å². The number of carbonyl (C=O) groups is 3. The summed E-state index contributed by atoms with van der Waals surface area (Å²) >= 11 is 0. The Balaban J connectivity index is 1.51. The first-order valence-corrected chi connectivity index (χ1v) is 11.9. The molecule has 2 atom stereocenters. The van der Waals surface area contributed by atoms with Gasteiger partial charge in [-0.3, -0.25) is 9.59 Å². The van der Waals surface area contributed by atoms with Crippen LogP contribution in [-0.2, 0) is 14.3 Å². The summed E-state index contributed by atoms with van der Waals surface area (Å²) in [5.41, 5.74) is 4.59. The van der Waals surface area contributed by atoms with Gasteiger partial charge in [-0.05, 0) is 41.0 Å². The number of fused-ring (bicyclic) bond motifs is 3. The second kappa shape index (κ2) is 11.7. The first kappa shape index (κ1) is 25.3. The number of ether oxygens (including phenoxy) is 1. The van der Waals surface area contributed by atoms with Gasteiger partial charge >= 0.3 is 12.1 Å². The molecule has 0 radical (unpaired) electrons. The van der Waals surface area contributed by atoms with Crippen molar-refractivity contribution in [3.63, 3.8) is 0 Å². The van der Waals surface area contributed by atoms with Crippen molar-refractivity contribution >= 4 is 18.0 Å². The number of rotatable bonds is 11. The van der Waals surface area contributed by atoms with Crippen LogP contribution in [0, 0.1) is 11.8 Å². The largest absolute Gasteiger partial charge is 0.481 e. The Labute approximate surface area is 200 Å². The Kier molecular flexibility index (Phi) is 8.68. The van der Waals surface area contributed by atoms with E-state index in [1.54, 1.807) is 0 Å². The van der Waals surface area contributed by atoms with Gasteiger partial charge in [0.1, 0.15) is 6.61 Å². The number of nitrogens with one attached hydrogen (secondary N) is 2. The quantitative estimate of drug-likeness (QED) is 0.450. The van der Waals surface area contributed by atoms with Crippen LogP contribution in [0.3, 0.4) is 0 Å². The van der Waals surface area contributed by atoms with Gasteiger partial charge in [-0.1, -0.05) is 69.3 Å².